The van der Waals surface area contributed by atoms with Crippen molar-refractivity contribution in [3.63, 3.8) is 0 Å². The van der Waals surface area contributed by atoms with Gasteiger partial charge in [-0.2, -0.15) is 4.39 Å². The Labute approximate surface area is 117 Å². The van der Waals surface area contributed by atoms with Gasteiger partial charge in [-0.05, 0) is 24.3 Å². The summed E-state index contributed by atoms with van der Waals surface area (Å²) in [5, 5.41) is 0.794. The van der Waals surface area contributed by atoms with Crippen molar-refractivity contribution in [1.29, 1.82) is 0 Å². The predicted octanol–water partition coefficient (Wildman–Crippen LogP) is 4.66. The van der Waals surface area contributed by atoms with Crippen LogP contribution < -0.4 is 0 Å². The number of nitrogens with zero attached hydrogens (tertiary/aromatic N) is 1. The topological polar surface area (TPSA) is 30.0 Å². The van der Waals surface area contributed by atoms with Crippen molar-refractivity contribution in [2.45, 2.75) is 0 Å². The highest BCUT2D eigenvalue weighted by Crippen LogP contribution is 2.35. The van der Waals surface area contributed by atoms with E-state index < -0.39 is 5.95 Å². The fourth-order valence-corrected chi connectivity index (χ4v) is 2.09. The van der Waals surface area contributed by atoms with Crippen LogP contribution in [0.1, 0.15) is 10.5 Å². The standard InChI is InChI=1S/C12H5Cl3FNO/c13-9-4-11(15)10(14)3-8(9)7-2-1-6(5-18)17-12(7)16/h1-5H. The van der Waals surface area contributed by atoms with Crippen LogP contribution in [0.2, 0.25) is 15.1 Å². The summed E-state index contributed by atoms with van der Waals surface area (Å²) in [5.41, 5.74) is 0.533. The summed E-state index contributed by atoms with van der Waals surface area (Å²) in [5.74, 6) is -0.792. The van der Waals surface area contributed by atoms with Crippen LogP contribution in [0.15, 0.2) is 24.3 Å². The lowest BCUT2D eigenvalue weighted by Crippen LogP contribution is -1.94. The van der Waals surface area contributed by atoms with E-state index in [2.05, 4.69) is 4.98 Å². The maximum atomic E-state index is 13.7. The first-order valence-electron chi connectivity index (χ1n) is 4.79. The second kappa shape index (κ2) is 5.22. The average Bonchev–Trinajstić information content (AvgIpc) is 2.34. The molecule has 1 heterocycles. The summed E-state index contributed by atoms with van der Waals surface area (Å²) in [6.07, 6.45) is 0.462. The van der Waals surface area contributed by atoms with E-state index in [0.29, 0.717) is 11.8 Å². The Morgan fingerprint density at radius 1 is 1.00 bits per heavy atom. The number of halogens is 4. The summed E-state index contributed by atoms with van der Waals surface area (Å²) < 4.78 is 13.7. The van der Waals surface area contributed by atoms with Crippen molar-refractivity contribution in [1.82, 2.24) is 4.98 Å². The molecule has 2 rings (SSSR count). The first-order valence-corrected chi connectivity index (χ1v) is 5.93. The lowest BCUT2D eigenvalue weighted by atomic mass is 10.1. The second-order valence-electron chi connectivity index (χ2n) is 3.44. The lowest BCUT2D eigenvalue weighted by molar-refractivity contribution is 0.111. The number of hydrogen-bond donors (Lipinski definition) is 0. The van der Waals surface area contributed by atoms with E-state index in [4.69, 9.17) is 34.8 Å². The molecular weight excluding hydrogens is 299 g/mol. The number of carbonyl (C=O) groups is 1. The lowest BCUT2D eigenvalue weighted by Gasteiger charge is -2.07. The molecule has 0 aliphatic rings. The summed E-state index contributed by atoms with van der Waals surface area (Å²) in [4.78, 5) is 14.0. The Kier molecular flexibility index (Phi) is 3.85. The van der Waals surface area contributed by atoms with E-state index >= 15 is 0 Å². The fourth-order valence-electron chi connectivity index (χ4n) is 1.44. The van der Waals surface area contributed by atoms with Crippen molar-refractivity contribution < 1.29 is 9.18 Å². The van der Waals surface area contributed by atoms with E-state index in [-0.39, 0.29) is 26.3 Å². The zero-order chi connectivity index (χ0) is 13.3. The van der Waals surface area contributed by atoms with Crippen LogP contribution in [-0.4, -0.2) is 11.3 Å². The van der Waals surface area contributed by atoms with Gasteiger partial charge in [0.2, 0.25) is 5.95 Å². The minimum atomic E-state index is -0.792. The Morgan fingerprint density at radius 3 is 2.28 bits per heavy atom. The smallest absolute Gasteiger partial charge is 0.221 e. The SMILES string of the molecule is O=Cc1ccc(-c2cc(Cl)c(Cl)cc2Cl)c(F)n1. The van der Waals surface area contributed by atoms with Gasteiger partial charge in [-0.1, -0.05) is 34.8 Å². The maximum absolute atomic E-state index is 13.7. The molecule has 1 aromatic heterocycles. The molecule has 0 spiro atoms. The molecule has 2 nitrogen and oxygen atoms in total. The Balaban J connectivity index is 2.62. The first kappa shape index (κ1) is 13.3. The number of benzene rings is 1. The number of aromatic nitrogens is 1. The Bertz CT molecular complexity index is 631. The van der Waals surface area contributed by atoms with E-state index in [9.17, 15) is 9.18 Å². The van der Waals surface area contributed by atoms with Crippen LogP contribution in [0.5, 0.6) is 0 Å². The summed E-state index contributed by atoms with van der Waals surface area (Å²) in [6, 6.07) is 5.68. The van der Waals surface area contributed by atoms with Crippen molar-refractivity contribution in [2.75, 3.05) is 0 Å². The molecule has 0 saturated heterocycles. The van der Waals surface area contributed by atoms with Crippen LogP contribution in [0.25, 0.3) is 11.1 Å². The third-order valence-corrected chi connectivity index (χ3v) is 3.33. The molecular formula is C12H5Cl3FNO. The average molecular weight is 305 g/mol. The van der Waals surface area contributed by atoms with Gasteiger partial charge in [0.1, 0.15) is 5.69 Å². The van der Waals surface area contributed by atoms with Gasteiger partial charge in [0, 0.05) is 11.1 Å². The first-order chi connectivity index (χ1) is 8.52. The second-order valence-corrected chi connectivity index (χ2v) is 4.66. The van der Waals surface area contributed by atoms with Crippen LogP contribution in [0, 0.1) is 5.95 Å². The molecule has 0 atom stereocenters. The molecule has 0 unspecified atom stereocenters. The minimum Gasteiger partial charge on any atom is -0.296 e. The van der Waals surface area contributed by atoms with Gasteiger partial charge in [-0.3, -0.25) is 4.79 Å². The number of aldehydes is 1. The van der Waals surface area contributed by atoms with Crippen LogP contribution in [0.3, 0.4) is 0 Å². The number of hydrogen-bond acceptors (Lipinski definition) is 2. The van der Waals surface area contributed by atoms with Crippen molar-refractivity contribution >= 4 is 41.1 Å². The van der Waals surface area contributed by atoms with Gasteiger partial charge in [0.25, 0.3) is 0 Å². The largest absolute Gasteiger partial charge is 0.296 e. The van der Waals surface area contributed by atoms with Crippen LogP contribution >= 0.6 is 34.8 Å². The molecule has 0 saturated carbocycles. The molecule has 92 valence electrons. The van der Waals surface area contributed by atoms with Gasteiger partial charge in [-0.15, -0.1) is 0 Å². The number of rotatable bonds is 2. The molecule has 0 N–H and O–H groups in total. The summed E-state index contributed by atoms with van der Waals surface area (Å²) in [7, 11) is 0. The summed E-state index contributed by atoms with van der Waals surface area (Å²) >= 11 is 17.6. The van der Waals surface area contributed by atoms with Gasteiger partial charge >= 0.3 is 0 Å². The van der Waals surface area contributed by atoms with Crippen LogP contribution in [0.4, 0.5) is 4.39 Å². The third-order valence-electron chi connectivity index (χ3n) is 2.29. The summed E-state index contributed by atoms with van der Waals surface area (Å²) in [6.45, 7) is 0. The van der Waals surface area contributed by atoms with Gasteiger partial charge in [0.15, 0.2) is 6.29 Å². The van der Waals surface area contributed by atoms with E-state index in [1.807, 2.05) is 0 Å². The van der Waals surface area contributed by atoms with Gasteiger partial charge < -0.3 is 0 Å². The van der Waals surface area contributed by atoms with Crippen molar-refractivity contribution in [3.05, 3.63) is 51.0 Å². The Morgan fingerprint density at radius 2 is 1.67 bits per heavy atom. The van der Waals surface area contributed by atoms with Gasteiger partial charge in [0.05, 0.1) is 15.1 Å². The van der Waals surface area contributed by atoms with Crippen molar-refractivity contribution in [3.8, 4) is 11.1 Å². The van der Waals surface area contributed by atoms with Gasteiger partial charge in [-0.25, -0.2) is 4.98 Å². The highest BCUT2D eigenvalue weighted by Gasteiger charge is 2.13. The van der Waals surface area contributed by atoms with E-state index in [0.717, 1.165) is 0 Å². The maximum Gasteiger partial charge on any atom is 0.221 e. The highest BCUT2D eigenvalue weighted by atomic mass is 35.5. The van der Waals surface area contributed by atoms with E-state index in [1.165, 1.54) is 24.3 Å². The van der Waals surface area contributed by atoms with Crippen molar-refractivity contribution in [2.24, 2.45) is 0 Å². The van der Waals surface area contributed by atoms with E-state index in [1.54, 1.807) is 0 Å². The molecule has 2 aromatic rings. The predicted molar refractivity (Wildman–Crippen MR) is 70.0 cm³/mol. The monoisotopic (exact) mass is 303 g/mol. The fraction of sp³-hybridized carbons (Fsp3) is 0. The quantitative estimate of drug-likeness (QED) is 0.459. The molecule has 18 heavy (non-hydrogen) atoms. The molecule has 6 heteroatoms. The highest BCUT2D eigenvalue weighted by molar-refractivity contribution is 6.44. The number of carbonyl (C=O) groups excluding carboxylic acids is 1. The molecule has 0 amide bonds. The molecule has 0 radical (unpaired) electrons. The zero-order valence-electron chi connectivity index (χ0n) is 8.75. The molecule has 0 bridgehead atoms. The number of pyridine rings is 1. The molecule has 0 fully saturated rings. The van der Waals surface area contributed by atoms with Crippen LogP contribution in [-0.2, 0) is 0 Å². The normalized spacial score (nSPS) is 10.4. The zero-order valence-corrected chi connectivity index (χ0v) is 11.0. The third kappa shape index (κ3) is 2.48. The molecule has 0 aliphatic carbocycles. The molecule has 0 aliphatic heterocycles. The molecule has 1 aromatic carbocycles. The Hall–Kier alpha value is -1.16. The minimum absolute atomic E-state index is 0.00688.